The number of amides is 1. The Kier molecular flexibility index (Phi) is 10.9. The first-order valence-corrected chi connectivity index (χ1v) is 11.3. The van der Waals surface area contributed by atoms with Gasteiger partial charge in [0.05, 0.1) is 6.10 Å². The Morgan fingerprint density at radius 2 is 1.88 bits per heavy atom. The van der Waals surface area contributed by atoms with Crippen LogP contribution in [-0.4, -0.2) is 34.3 Å². The molecule has 0 aliphatic heterocycles. The summed E-state index contributed by atoms with van der Waals surface area (Å²) in [4.78, 5) is 20.8. The van der Waals surface area contributed by atoms with Crippen LogP contribution in [0.25, 0.3) is 0 Å². The molecule has 7 nitrogen and oxygen atoms in total. The molecule has 0 saturated heterocycles. The standard InChI is InChI=1S/C26H40N4O3/c1-11-21(16-28-24-27-15-14-23(30-24)32-18(4)5)20(7)19(6)12-13-22(17(2)3)29-25(31)33-26(8,9)10/h12-15,18H,2,11,16H2,1,3-10H3,(H,29,31)(H,27,28,30)/b19-12+,21-20-,22-13+. The molecule has 0 saturated carbocycles. The van der Waals surface area contributed by atoms with Gasteiger partial charge in [0.25, 0.3) is 0 Å². The van der Waals surface area contributed by atoms with Gasteiger partial charge >= 0.3 is 6.09 Å². The highest BCUT2D eigenvalue weighted by Crippen LogP contribution is 2.19. The van der Waals surface area contributed by atoms with Gasteiger partial charge in [-0.1, -0.05) is 19.6 Å². The van der Waals surface area contributed by atoms with Crippen LogP contribution in [0.1, 0.15) is 68.7 Å². The van der Waals surface area contributed by atoms with Gasteiger partial charge in [0.15, 0.2) is 0 Å². The number of hydrogen-bond acceptors (Lipinski definition) is 6. The molecule has 1 aromatic heterocycles. The molecule has 0 spiro atoms. The summed E-state index contributed by atoms with van der Waals surface area (Å²) in [5, 5.41) is 6.06. The van der Waals surface area contributed by atoms with Gasteiger partial charge in [-0.2, -0.15) is 4.98 Å². The first-order valence-electron chi connectivity index (χ1n) is 11.3. The monoisotopic (exact) mass is 456 g/mol. The fourth-order valence-electron chi connectivity index (χ4n) is 2.76. The lowest BCUT2D eigenvalue weighted by atomic mass is 10.00. The Morgan fingerprint density at radius 1 is 1.21 bits per heavy atom. The van der Waals surface area contributed by atoms with E-state index in [2.05, 4.69) is 41.0 Å². The third-order valence-corrected chi connectivity index (χ3v) is 4.59. The second-order valence-corrected chi connectivity index (χ2v) is 9.16. The van der Waals surface area contributed by atoms with Crippen molar-refractivity contribution in [1.29, 1.82) is 0 Å². The van der Waals surface area contributed by atoms with Gasteiger partial charge in [-0.05, 0) is 90.2 Å². The lowest BCUT2D eigenvalue weighted by molar-refractivity contribution is 0.0547. The topological polar surface area (TPSA) is 85.4 Å². The molecule has 0 bridgehead atoms. The number of aromatic nitrogens is 2. The van der Waals surface area contributed by atoms with Gasteiger partial charge in [0, 0.05) is 24.5 Å². The molecule has 0 unspecified atom stereocenters. The largest absolute Gasteiger partial charge is 0.475 e. The SMILES string of the molecule is C=C(C)\C(=C/C=C(C)/C(C)=C(/CC)CNc1nccc(OC(C)C)n1)NC(=O)OC(C)(C)C. The molecule has 0 atom stereocenters. The minimum atomic E-state index is -0.567. The van der Waals surface area contributed by atoms with E-state index in [4.69, 9.17) is 9.47 Å². The number of alkyl carbamates (subject to hydrolysis) is 1. The molecule has 1 heterocycles. The van der Waals surface area contributed by atoms with Gasteiger partial charge in [-0.25, -0.2) is 9.78 Å². The number of hydrogen-bond donors (Lipinski definition) is 2. The Balaban J connectivity index is 2.97. The predicted octanol–water partition coefficient (Wildman–Crippen LogP) is 6.33. The summed E-state index contributed by atoms with van der Waals surface area (Å²) < 4.78 is 11.0. The summed E-state index contributed by atoms with van der Waals surface area (Å²) >= 11 is 0. The number of nitrogens with one attached hydrogen (secondary N) is 2. The van der Waals surface area contributed by atoms with E-state index in [0.717, 1.165) is 23.1 Å². The van der Waals surface area contributed by atoms with E-state index >= 15 is 0 Å². The quantitative estimate of drug-likeness (QED) is 0.400. The van der Waals surface area contributed by atoms with Crippen LogP contribution in [0.2, 0.25) is 0 Å². The zero-order chi connectivity index (χ0) is 25.2. The Bertz CT molecular complexity index is 922. The summed E-state index contributed by atoms with van der Waals surface area (Å²) in [5.74, 6) is 1.08. The van der Waals surface area contributed by atoms with E-state index in [9.17, 15) is 4.79 Å². The Morgan fingerprint density at radius 3 is 2.42 bits per heavy atom. The van der Waals surface area contributed by atoms with Gasteiger partial charge in [0.2, 0.25) is 11.8 Å². The molecular formula is C26H40N4O3. The third kappa shape index (κ3) is 10.9. The summed E-state index contributed by atoms with van der Waals surface area (Å²) in [5.41, 5.74) is 4.26. The van der Waals surface area contributed by atoms with Gasteiger partial charge in [0.1, 0.15) is 5.60 Å². The highest BCUT2D eigenvalue weighted by molar-refractivity contribution is 5.71. The van der Waals surface area contributed by atoms with Crippen molar-refractivity contribution in [2.45, 2.75) is 80.4 Å². The summed E-state index contributed by atoms with van der Waals surface area (Å²) in [6, 6.07) is 1.75. The van der Waals surface area contributed by atoms with Crippen molar-refractivity contribution >= 4 is 12.0 Å². The first kappa shape index (κ1) is 27.9. The van der Waals surface area contributed by atoms with Crippen LogP contribution in [0.5, 0.6) is 5.88 Å². The van der Waals surface area contributed by atoms with Crippen molar-refractivity contribution < 1.29 is 14.3 Å². The maximum Gasteiger partial charge on any atom is 0.412 e. The van der Waals surface area contributed by atoms with Crippen LogP contribution in [0.4, 0.5) is 10.7 Å². The van der Waals surface area contributed by atoms with E-state index in [1.807, 2.05) is 60.6 Å². The number of anilines is 1. The fourth-order valence-corrected chi connectivity index (χ4v) is 2.76. The molecule has 0 aromatic carbocycles. The van der Waals surface area contributed by atoms with E-state index in [1.165, 1.54) is 5.57 Å². The summed E-state index contributed by atoms with van der Waals surface area (Å²) in [7, 11) is 0. The molecule has 1 amide bonds. The maximum absolute atomic E-state index is 12.1. The highest BCUT2D eigenvalue weighted by Gasteiger charge is 2.17. The van der Waals surface area contributed by atoms with Crippen molar-refractivity contribution in [2.24, 2.45) is 0 Å². The molecule has 182 valence electrons. The van der Waals surface area contributed by atoms with Crippen LogP contribution in [0, 0.1) is 0 Å². The lowest BCUT2D eigenvalue weighted by Crippen LogP contribution is -2.32. The molecule has 0 aliphatic rings. The number of allylic oxidation sites excluding steroid dienone is 5. The molecule has 0 fully saturated rings. The minimum absolute atomic E-state index is 0.0517. The van der Waals surface area contributed by atoms with E-state index < -0.39 is 11.7 Å². The van der Waals surface area contributed by atoms with Crippen molar-refractivity contribution in [3.8, 4) is 5.88 Å². The normalized spacial score (nSPS) is 13.4. The van der Waals surface area contributed by atoms with Crippen LogP contribution >= 0.6 is 0 Å². The predicted molar refractivity (Wildman–Crippen MR) is 135 cm³/mol. The molecule has 1 aromatic rings. The number of carbonyl (C=O) groups is 1. The van der Waals surface area contributed by atoms with Gasteiger partial charge < -0.3 is 14.8 Å². The van der Waals surface area contributed by atoms with E-state index in [0.29, 0.717) is 24.1 Å². The second kappa shape index (κ2) is 12.8. The summed E-state index contributed by atoms with van der Waals surface area (Å²) in [6.07, 6.45) is 5.93. The first-order chi connectivity index (χ1) is 15.3. The minimum Gasteiger partial charge on any atom is -0.475 e. The van der Waals surface area contributed by atoms with Crippen LogP contribution in [0.15, 0.2) is 59.0 Å². The molecule has 33 heavy (non-hydrogen) atoms. The van der Waals surface area contributed by atoms with Gasteiger partial charge in [-0.15, -0.1) is 0 Å². The van der Waals surface area contributed by atoms with E-state index in [1.54, 1.807) is 12.3 Å². The number of carbonyl (C=O) groups excluding carboxylic acids is 1. The van der Waals surface area contributed by atoms with Crippen molar-refractivity contribution in [3.63, 3.8) is 0 Å². The highest BCUT2D eigenvalue weighted by atomic mass is 16.6. The van der Waals surface area contributed by atoms with Gasteiger partial charge in [-0.3, -0.25) is 5.32 Å². The molecule has 0 aliphatic carbocycles. The van der Waals surface area contributed by atoms with Crippen LogP contribution < -0.4 is 15.4 Å². The lowest BCUT2D eigenvalue weighted by Gasteiger charge is -2.20. The number of ether oxygens (including phenoxy) is 2. The number of rotatable bonds is 10. The third-order valence-electron chi connectivity index (χ3n) is 4.59. The fraction of sp³-hybridized carbons (Fsp3) is 0.500. The van der Waals surface area contributed by atoms with Crippen molar-refractivity contribution in [1.82, 2.24) is 15.3 Å². The molecule has 1 rings (SSSR count). The van der Waals surface area contributed by atoms with Crippen molar-refractivity contribution in [2.75, 3.05) is 11.9 Å². The maximum atomic E-state index is 12.1. The Labute approximate surface area is 199 Å². The molecule has 7 heteroatoms. The molecule has 2 N–H and O–H groups in total. The number of nitrogens with zero attached hydrogens (tertiary/aromatic N) is 2. The zero-order valence-corrected chi connectivity index (χ0v) is 21.6. The van der Waals surface area contributed by atoms with Crippen LogP contribution in [0.3, 0.4) is 0 Å². The zero-order valence-electron chi connectivity index (χ0n) is 21.6. The van der Waals surface area contributed by atoms with E-state index in [-0.39, 0.29) is 6.10 Å². The average Bonchev–Trinajstić information content (AvgIpc) is 2.69. The van der Waals surface area contributed by atoms with Crippen LogP contribution in [-0.2, 0) is 4.74 Å². The molecular weight excluding hydrogens is 416 g/mol. The van der Waals surface area contributed by atoms with Crippen molar-refractivity contribution in [3.05, 3.63) is 59.0 Å². The second-order valence-electron chi connectivity index (χ2n) is 9.16. The smallest absolute Gasteiger partial charge is 0.412 e. The Hall–Kier alpha value is -3.09. The average molecular weight is 457 g/mol. The molecule has 0 radical (unpaired) electrons. The summed E-state index contributed by atoms with van der Waals surface area (Å²) in [6.45, 7) is 22.1.